The van der Waals surface area contributed by atoms with Gasteiger partial charge in [-0.2, -0.15) is 5.26 Å². The van der Waals surface area contributed by atoms with Crippen molar-refractivity contribution in [1.29, 1.82) is 5.26 Å². The van der Waals surface area contributed by atoms with Gasteiger partial charge in [-0.3, -0.25) is 4.79 Å². The molecule has 2 bridgehead atoms. The van der Waals surface area contributed by atoms with Gasteiger partial charge in [0.2, 0.25) is 0 Å². The predicted molar refractivity (Wildman–Crippen MR) is 82.4 cm³/mol. The Bertz CT molecular complexity index is 493. The second-order valence-corrected chi connectivity index (χ2v) is 7.99. The number of esters is 1. The molecular weight excluding hydrogens is 350 g/mol. The molecule has 0 aromatic carbocycles. The third-order valence-corrected chi connectivity index (χ3v) is 5.87. The molecule has 7 atom stereocenters. The predicted octanol–water partition coefficient (Wildman–Crippen LogP) is 2.71. The summed E-state index contributed by atoms with van der Waals surface area (Å²) in [6, 6.07) is 2.28. The molecule has 3 fully saturated rings. The fourth-order valence-electron chi connectivity index (χ4n) is 4.13. The van der Waals surface area contributed by atoms with Crippen molar-refractivity contribution < 1.29 is 19.0 Å². The first-order valence-corrected chi connectivity index (χ1v) is 8.89. The standard InChI is InChI=1S/C16H22BrNO4/c1-9(8-18)5-11-3-4-14-16(22-11)6-12(17)15(20-10(2)19)13(7-16)21-14/h9,11-15H,3-7H2,1-2H3/t9-,11-,12+,13-,14+,15-,16+/m1/s1. The van der Waals surface area contributed by atoms with E-state index in [1.165, 1.54) is 6.92 Å². The summed E-state index contributed by atoms with van der Waals surface area (Å²) in [5.41, 5.74) is -0.284. The highest BCUT2D eigenvalue weighted by molar-refractivity contribution is 9.09. The first kappa shape index (κ1) is 16.2. The SMILES string of the molecule is CC(=O)O[C@@H]1[C@@H](Br)C[C@]23C[C@H]1O[C@H]2CC[C@H](C[C@@H](C)C#N)O3. The summed E-state index contributed by atoms with van der Waals surface area (Å²) < 4.78 is 18.0. The molecule has 2 heterocycles. The van der Waals surface area contributed by atoms with E-state index < -0.39 is 0 Å². The molecule has 6 heteroatoms. The van der Waals surface area contributed by atoms with Gasteiger partial charge in [-0.05, 0) is 32.6 Å². The fourth-order valence-corrected chi connectivity index (χ4v) is 5.12. The molecule has 2 saturated heterocycles. The summed E-state index contributed by atoms with van der Waals surface area (Å²) in [6.07, 6.45) is 4.06. The molecule has 0 unspecified atom stereocenters. The molecule has 0 amide bonds. The van der Waals surface area contributed by atoms with E-state index in [-0.39, 0.29) is 46.7 Å². The van der Waals surface area contributed by atoms with Crippen LogP contribution < -0.4 is 0 Å². The minimum absolute atomic E-state index is 0.00761. The Hall–Kier alpha value is -0.640. The van der Waals surface area contributed by atoms with Crippen molar-refractivity contribution >= 4 is 21.9 Å². The molecule has 5 nitrogen and oxygen atoms in total. The number of fused-ring (bicyclic) bond motifs is 1. The zero-order valence-electron chi connectivity index (χ0n) is 13.0. The summed E-state index contributed by atoms with van der Waals surface area (Å²) in [6.45, 7) is 3.37. The summed E-state index contributed by atoms with van der Waals surface area (Å²) >= 11 is 3.66. The van der Waals surface area contributed by atoms with Crippen molar-refractivity contribution in [1.82, 2.24) is 0 Å². The maximum absolute atomic E-state index is 11.3. The lowest BCUT2D eigenvalue weighted by atomic mass is 9.77. The number of ether oxygens (including phenoxy) is 3. The second kappa shape index (κ2) is 6.10. The van der Waals surface area contributed by atoms with Gasteiger partial charge in [0.05, 0.1) is 34.8 Å². The highest BCUT2D eigenvalue weighted by Gasteiger charge is 2.60. The number of hydrogen-bond acceptors (Lipinski definition) is 5. The molecule has 0 N–H and O–H groups in total. The number of alkyl halides is 1. The maximum Gasteiger partial charge on any atom is 0.303 e. The van der Waals surface area contributed by atoms with Crippen molar-refractivity contribution in [2.45, 2.75) is 80.8 Å². The summed E-state index contributed by atoms with van der Waals surface area (Å²) in [5.74, 6) is -0.265. The van der Waals surface area contributed by atoms with Gasteiger partial charge in [0.25, 0.3) is 0 Å². The van der Waals surface area contributed by atoms with E-state index in [1.807, 2.05) is 6.92 Å². The Kier molecular flexibility index (Phi) is 4.50. The number of rotatable bonds is 3. The number of hydrogen-bond donors (Lipinski definition) is 0. The van der Waals surface area contributed by atoms with Gasteiger partial charge in [0.15, 0.2) is 0 Å². The van der Waals surface area contributed by atoms with Gasteiger partial charge in [0.1, 0.15) is 6.10 Å². The summed E-state index contributed by atoms with van der Waals surface area (Å²) in [7, 11) is 0. The summed E-state index contributed by atoms with van der Waals surface area (Å²) in [4.78, 5) is 11.3. The number of carbonyl (C=O) groups is 1. The monoisotopic (exact) mass is 371 g/mol. The van der Waals surface area contributed by atoms with Gasteiger partial charge in [-0.25, -0.2) is 0 Å². The smallest absolute Gasteiger partial charge is 0.303 e. The Morgan fingerprint density at radius 2 is 2.27 bits per heavy atom. The molecule has 3 aliphatic rings. The van der Waals surface area contributed by atoms with Crippen molar-refractivity contribution in [3.63, 3.8) is 0 Å². The number of nitriles is 1. The van der Waals surface area contributed by atoms with Gasteiger partial charge in [0, 0.05) is 19.3 Å². The van der Waals surface area contributed by atoms with Gasteiger partial charge >= 0.3 is 5.97 Å². The van der Waals surface area contributed by atoms with Crippen molar-refractivity contribution in [3.8, 4) is 6.07 Å². The lowest BCUT2D eigenvalue weighted by Crippen LogP contribution is -2.53. The van der Waals surface area contributed by atoms with Gasteiger partial charge in [-0.1, -0.05) is 15.9 Å². The van der Waals surface area contributed by atoms with Crippen LogP contribution in [0.15, 0.2) is 0 Å². The van der Waals surface area contributed by atoms with Crippen LogP contribution in [-0.4, -0.2) is 40.8 Å². The molecule has 1 saturated carbocycles. The molecule has 1 spiro atoms. The van der Waals surface area contributed by atoms with E-state index in [9.17, 15) is 4.79 Å². The Morgan fingerprint density at radius 3 is 2.95 bits per heavy atom. The van der Waals surface area contributed by atoms with E-state index in [1.54, 1.807) is 0 Å². The normalized spacial score (nSPS) is 44.7. The zero-order valence-corrected chi connectivity index (χ0v) is 14.5. The lowest BCUT2D eigenvalue weighted by Gasteiger charge is -2.45. The molecule has 0 radical (unpaired) electrons. The van der Waals surface area contributed by atoms with Crippen molar-refractivity contribution in [2.75, 3.05) is 0 Å². The lowest BCUT2D eigenvalue weighted by molar-refractivity contribution is -0.168. The van der Waals surface area contributed by atoms with Crippen LogP contribution in [0, 0.1) is 17.2 Å². The van der Waals surface area contributed by atoms with Crippen molar-refractivity contribution in [2.24, 2.45) is 5.92 Å². The fraction of sp³-hybridized carbons (Fsp3) is 0.875. The Labute approximate surface area is 139 Å². The van der Waals surface area contributed by atoms with Crippen LogP contribution in [-0.2, 0) is 19.0 Å². The number of carbonyl (C=O) groups excluding carboxylic acids is 1. The van der Waals surface area contributed by atoms with Crippen LogP contribution in [0.3, 0.4) is 0 Å². The molecule has 2 aliphatic heterocycles. The highest BCUT2D eigenvalue weighted by Crippen LogP contribution is 2.51. The molecule has 0 aromatic rings. The first-order valence-electron chi connectivity index (χ1n) is 7.97. The minimum Gasteiger partial charge on any atom is -0.459 e. The van der Waals surface area contributed by atoms with Crippen LogP contribution in [0.5, 0.6) is 0 Å². The highest BCUT2D eigenvalue weighted by atomic mass is 79.9. The van der Waals surface area contributed by atoms with E-state index in [4.69, 9.17) is 19.5 Å². The van der Waals surface area contributed by atoms with Crippen LogP contribution in [0.4, 0.5) is 0 Å². The summed E-state index contributed by atoms with van der Waals surface area (Å²) in [5, 5.41) is 9.00. The molecular formula is C16H22BrNO4. The Balaban J connectivity index is 1.71. The van der Waals surface area contributed by atoms with Crippen molar-refractivity contribution in [3.05, 3.63) is 0 Å². The average Bonchev–Trinajstić information content (AvgIpc) is 2.76. The van der Waals surface area contributed by atoms with Crippen LogP contribution in [0.25, 0.3) is 0 Å². The third-order valence-electron chi connectivity index (χ3n) is 5.03. The molecule has 1 aliphatic carbocycles. The largest absolute Gasteiger partial charge is 0.459 e. The minimum atomic E-state index is -0.284. The zero-order chi connectivity index (χ0) is 15.9. The topological polar surface area (TPSA) is 68.5 Å². The van der Waals surface area contributed by atoms with Gasteiger partial charge < -0.3 is 14.2 Å². The van der Waals surface area contributed by atoms with Gasteiger partial charge in [-0.15, -0.1) is 0 Å². The average molecular weight is 372 g/mol. The quantitative estimate of drug-likeness (QED) is 0.563. The maximum atomic E-state index is 11.3. The van der Waals surface area contributed by atoms with E-state index in [2.05, 4.69) is 22.0 Å². The van der Waals surface area contributed by atoms with Crippen LogP contribution >= 0.6 is 15.9 Å². The Morgan fingerprint density at radius 1 is 1.50 bits per heavy atom. The third kappa shape index (κ3) is 2.91. The van der Waals surface area contributed by atoms with E-state index >= 15 is 0 Å². The van der Waals surface area contributed by atoms with Crippen LogP contribution in [0.1, 0.15) is 46.0 Å². The second-order valence-electron chi connectivity index (χ2n) is 6.81. The number of nitrogens with zero attached hydrogens (tertiary/aromatic N) is 1. The molecule has 3 rings (SSSR count). The first-order chi connectivity index (χ1) is 10.4. The van der Waals surface area contributed by atoms with E-state index in [0.29, 0.717) is 0 Å². The van der Waals surface area contributed by atoms with E-state index in [0.717, 1.165) is 32.1 Å². The number of halogens is 1. The molecule has 0 aromatic heterocycles. The van der Waals surface area contributed by atoms with Crippen LogP contribution in [0.2, 0.25) is 0 Å². The molecule has 122 valence electrons. The molecule has 22 heavy (non-hydrogen) atoms.